The number of ether oxygens (including phenoxy) is 1. The first-order chi connectivity index (χ1) is 14.2. The number of rotatable bonds is 6. The molecule has 2 atom stereocenters. The van der Waals surface area contributed by atoms with Crippen molar-refractivity contribution in [2.45, 2.75) is 31.7 Å². The van der Waals surface area contributed by atoms with Crippen molar-refractivity contribution in [1.29, 1.82) is 0 Å². The van der Waals surface area contributed by atoms with E-state index in [1.54, 1.807) is 20.1 Å². The van der Waals surface area contributed by atoms with Crippen LogP contribution < -0.4 is 15.4 Å². The third-order valence-corrected chi connectivity index (χ3v) is 5.23. The molecule has 8 nitrogen and oxygen atoms in total. The van der Waals surface area contributed by atoms with Crippen molar-refractivity contribution in [2.24, 2.45) is 0 Å². The number of aryl methyl sites for hydroxylation is 1. The Morgan fingerprint density at radius 3 is 2.58 bits per heavy atom. The number of aromatic nitrogens is 2. The Balaban J connectivity index is 0.00000341. The number of anilines is 2. The molecule has 0 bridgehead atoms. The van der Waals surface area contributed by atoms with Crippen LogP contribution in [0.25, 0.3) is 11.3 Å². The van der Waals surface area contributed by atoms with Gasteiger partial charge >= 0.3 is 6.18 Å². The van der Waals surface area contributed by atoms with E-state index in [0.717, 1.165) is 25.1 Å². The van der Waals surface area contributed by atoms with Crippen molar-refractivity contribution in [3.05, 3.63) is 35.4 Å². The molecular weight excluding hydrogens is 609 g/mol. The SMILES string of the molecule is COC1CCNCC1Nc1nnc(-c2ccc(C(F)(F)F)cc2N[S-](=O)=O)cc1C.[Re]. The molecule has 1 aliphatic rings. The van der Waals surface area contributed by atoms with E-state index < -0.39 is 22.6 Å². The zero-order valence-electron chi connectivity index (χ0n) is 16.6. The van der Waals surface area contributed by atoms with Gasteiger partial charge in [-0.15, -0.1) is 10.2 Å². The van der Waals surface area contributed by atoms with Crippen molar-refractivity contribution >= 4 is 22.4 Å². The van der Waals surface area contributed by atoms with Gasteiger partial charge in [0, 0.05) is 56.2 Å². The number of methoxy groups -OCH3 is 1. The molecule has 13 heteroatoms. The van der Waals surface area contributed by atoms with Crippen LogP contribution in [0.2, 0.25) is 0 Å². The molecule has 0 saturated carbocycles. The molecule has 3 N–H and O–H groups in total. The van der Waals surface area contributed by atoms with Crippen molar-refractivity contribution in [1.82, 2.24) is 15.5 Å². The second-order valence-electron chi connectivity index (χ2n) is 6.87. The van der Waals surface area contributed by atoms with Gasteiger partial charge in [0.15, 0.2) is 5.82 Å². The summed E-state index contributed by atoms with van der Waals surface area (Å²) in [6, 6.07) is 4.38. The van der Waals surface area contributed by atoms with E-state index in [-0.39, 0.29) is 49.5 Å². The quantitative estimate of drug-likeness (QED) is 0.422. The predicted octanol–water partition coefficient (Wildman–Crippen LogP) is 2.89. The second-order valence-corrected chi connectivity index (χ2v) is 7.55. The third kappa shape index (κ3) is 6.36. The Labute approximate surface area is 193 Å². The van der Waals surface area contributed by atoms with Crippen LogP contribution in [0.15, 0.2) is 24.3 Å². The maximum Gasteiger partial charge on any atom is 0.416 e. The normalized spacial score (nSPS) is 19.0. The van der Waals surface area contributed by atoms with Crippen LogP contribution in [0.5, 0.6) is 0 Å². The number of nitrogens with one attached hydrogen (secondary N) is 3. The molecule has 2 aromatic rings. The molecular formula is C18H21F3N5O3ReS-. The van der Waals surface area contributed by atoms with Gasteiger partial charge in [-0.2, -0.15) is 13.2 Å². The van der Waals surface area contributed by atoms with Gasteiger partial charge in [0.1, 0.15) is 0 Å². The van der Waals surface area contributed by atoms with Crippen molar-refractivity contribution < 1.29 is 46.7 Å². The molecule has 0 spiro atoms. The minimum Gasteiger partial charge on any atom is -0.419 e. The molecule has 1 saturated heterocycles. The molecule has 2 heterocycles. The molecule has 171 valence electrons. The van der Waals surface area contributed by atoms with Crippen LogP contribution in [0.4, 0.5) is 24.7 Å². The number of piperidine rings is 1. The summed E-state index contributed by atoms with van der Waals surface area (Å²) in [6.45, 7) is 3.32. The van der Waals surface area contributed by atoms with Crippen LogP contribution in [0.1, 0.15) is 17.5 Å². The smallest absolute Gasteiger partial charge is 0.416 e. The maximum absolute atomic E-state index is 13.0. The first kappa shape index (κ1) is 25.5. The summed E-state index contributed by atoms with van der Waals surface area (Å²) >= 11 is 0. The first-order valence-electron chi connectivity index (χ1n) is 9.11. The summed E-state index contributed by atoms with van der Waals surface area (Å²) in [5.74, 6) is 0.517. The fourth-order valence-corrected chi connectivity index (χ4v) is 3.66. The van der Waals surface area contributed by atoms with E-state index in [9.17, 15) is 21.6 Å². The van der Waals surface area contributed by atoms with Gasteiger partial charge in [0.25, 0.3) is 0 Å². The fraction of sp³-hybridized carbons (Fsp3) is 0.444. The Hall–Kier alpha value is -1.78. The number of benzene rings is 1. The number of hydrogen-bond acceptors (Lipinski definition) is 8. The Morgan fingerprint density at radius 1 is 1.23 bits per heavy atom. The van der Waals surface area contributed by atoms with E-state index >= 15 is 0 Å². The van der Waals surface area contributed by atoms with Gasteiger partial charge in [-0.05, 0) is 43.7 Å². The first-order valence-corrected chi connectivity index (χ1v) is 10.2. The maximum atomic E-state index is 13.0. The van der Waals surface area contributed by atoms with Crippen molar-refractivity contribution in [2.75, 3.05) is 30.2 Å². The van der Waals surface area contributed by atoms with Crippen LogP contribution in [0.3, 0.4) is 0 Å². The molecule has 1 aromatic heterocycles. The van der Waals surface area contributed by atoms with Crippen LogP contribution in [-0.2, 0) is 50.6 Å². The van der Waals surface area contributed by atoms with E-state index in [1.807, 2.05) is 4.72 Å². The van der Waals surface area contributed by atoms with Crippen LogP contribution >= 0.6 is 0 Å². The third-order valence-electron chi connectivity index (χ3n) is 4.84. The van der Waals surface area contributed by atoms with E-state index in [4.69, 9.17) is 4.74 Å². The largest absolute Gasteiger partial charge is 0.419 e. The van der Waals surface area contributed by atoms with Gasteiger partial charge in [-0.3, -0.25) is 0 Å². The molecule has 1 aliphatic heterocycles. The Kier molecular flexibility index (Phi) is 8.79. The Bertz CT molecular complexity index is 982. The number of nitrogens with zero attached hydrogens (tertiary/aromatic N) is 2. The van der Waals surface area contributed by atoms with Gasteiger partial charge < -0.3 is 28.5 Å². The zero-order chi connectivity index (χ0) is 21.9. The second kappa shape index (κ2) is 10.7. The summed E-state index contributed by atoms with van der Waals surface area (Å²) < 4.78 is 68.6. The average molecular weight is 631 g/mol. The summed E-state index contributed by atoms with van der Waals surface area (Å²) in [5.41, 5.74) is -0.0798. The van der Waals surface area contributed by atoms with Crippen LogP contribution in [-0.4, -0.2) is 42.5 Å². The molecule has 2 unspecified atom stereocenters. The molecule has 31 heavy (non-hydrogen) atoms. The molecule has 1 fully saturated rings. The molecule has 0 aliphatic carbocycles. The van der Waals surface area contributed by atoms with Gasteiger partial charge in [-0.1, -0.05) is 6.07 Å². The Morgan fingerprint density at radius 2 is 1.97 bits per heavy atom. The molecule has 3 rings (SSSR count). The summed E-state index contributed by atoms with van der Waals surface area (Å²) in [6.07, 6.45) is -3.77. The van der Waals surface area contributed by atoms with E-state index in [2.05, 4.69) is 20.8 Å². The van der Waals surface area contributed by atoms with Crippen molar-refractivity contribution in [3.8, 4) is 11.3 Å². The standard InChI is InChI=1S/C18H21F3N5O3S.Re/c1-10-7-13(24-25-17(10)23-15-9-22-6-5-16(15)29-2)12-4-3-11(18(19,20)21)8-14(12)26-30(27)28;/h3-4,7-8,15-16,22H,5-6,9H2,1-2H3,(H,23,25)(H,26,27,28);/q-1;. The summed E-state index contributed by atoms with van der Waals surface area (Å²) in [4.78, 5) is 0. The van der Waals surface area contributed by atoms with Crippen molar-refractivity contribution in [3.63, 3.8) is 0 Å². The van der Waals surface area contributed by atoms with E-state index in [1.165, 1.54) is 6.07 Å². The van der Waals surface area contributed by atoms with E-state index in [0.29, 0.717) is 17.9 Å². The molecule has 1 aromatic carbocycles. The molecule has 1 radical (unpaired) electrons. The number of halogens is 3. The summed E-state index contributed by atoms with van der Waals surface area (Å²) in [7, 11) is -1.16. The predicted molar refractivity (Wildman–Crippen MR) is 105 cm³/mol. The zero-order valence-corrected chi connectivity index (χ0v) is 20.2. The minimum absolute atomic E-state index is 0. The monoisotopic (exact) mass is 631 g/mol. The summed E-state index contributed by atoms with van der Waals surface area (Å²) in [5, 5.41) is 14.8. The molecule has 0 amide bonds. The van der Waals surface area contributed by atoms with Gasteiger partial charge in [0.2, 0.25) is 0 Å². The van der Waals surface area contributed by atoms with Gasteiger partial charge in [-0.25, -0.2) is 0 Å². The minimum atomic E-state index is -4.61. The average Bonchev–Trinajstić information content (AvgIpc) is 2.69. The number of alkyl halides is 3. The topological polar surface area (TPSA) is 105 Å². The fourth-order valence-electron chi connectivity index (χ4n) is 3.31. The van der Waals surface area contributed by atoms with Gasteiger partial charge in [0.05, 0.1) is 23.4 Å². The number of hydrogen-bond donors (Lipinski definition) is 3. The van der Waals surface area contributed by atoms with Crippen LogP contribution in [0, 0.1) is 6.92 Å².